The molecule has 2 unspecified atom stereocenters. The van der Waals surface area contributed by atoms with Crippen molar-refractivity contribution in [3.05, 3.63) is 41.5 Å². The van der Waals surface area contributed by atoms with Gasteiger partial charge in [0.1, 0.15) is 5.78 Å². The quantitative estimate of drug-likeness (QED) is 0.162. The molecule has 2 bridgehead atoms. The minimum Gasteiger partial charge on any atom is -0.299 e. The zero-order valence-electron chi connectivity index (χ0n) is 23.0. The molecule has 0 saturated heterocycles. The fraction of sp³-hybridized carbons (Fsp3) is 0.567. The molecule has 2 aromatic rings. The molecule has 2 aromatic carbocycles. The molecule has 0 aromatic heterocycles. The molecule has 210 valence electrons. The third-order valence-corrected chi connectivity index (χ3v) is 11.6. The van der Waals surface area contributed by atoms with Crippen LogP contribution in [0.15, 0.2) is 35.2 Å². The van der Waals surface area contributed by atoms with Gasteiger partial charge >= 0.3 is 0 Å². The lowest BCUT2D eigenvalue weighted by Crippen LogP contribution is -2.46. The van der Waals surface area contributed by atoms with E-state index in [1.807, 2.05) is 26.0 Å². The number of nitrogens with zero attached hydrogens (tertiary/aromatic N) is 1. The van der Waals surface area contributed by atoms with Crippen LogP contribution in [0.2, 0.25) is 0 Å². The molecule has 2 aliphatic carbocycles. The Morgan fingerprint density at radius 1 is 1.00 bits per heavy atom. The number of hydroxylamine groups is 2. The number of imide groups is 1. The van der Waals surface area contributed by atoms with Gasteiger partial charge in [-0.2, -0.15) is 8.42 Å². The van der Waals surface area contributed by atoms with Crippen LogP contribution in [0.25, 0.3) is 10.8 Å². The fourth-order valence-corrected chi connectivity index (χ4v) is 9.52. The lowest BCUT2D eigenvalue weighted by molar-refractivity contribution is -0.128. The van der Waals surface area contributed by atoms with E-state index in [-0.39, 0.29) is 22.8 Å². The van der Waals surface area contributed by atoms with Gasteiger partial charge in [-0.05, 0) is 59.9 Å². The third-order valence-electron chi connectivity index (χ3n) is 9.30. The van der Waals surface area contributed by atoms with Crippen molar-refractivity contribution in [2.24, 2.45) is 16.7 Å². The predicted molar refractivity (Wildman–Crippen MR) is 152 cm³/mol. The molecule has 9 heteroatoms. The van der Waals surface area contributed by atoms with Crippen LogP contribution in [0.5, 0.6) is 0 Å². The Bertz CT molecular complexity index is 1430. The Hall–Kier alpha value is -2.23. The second-order valence-electron chi connectivity index (χ2n) is 11.8. The van der Waals surface area contributed by atoms with Crippen LogP contribution < -0.4 is 0 Å². The van der Waals surface area contributed by atoms with Gasteiger partial charge in [0.15, 0.2) is 0 Å². The van der Waals surface area contributed by atoms with Gasteiger partial charge in [-0.25, -0.2) is 0 Å². The van der Waals surface area contributed by atoms with Crippen LogP contribution in [0.1, 0.15) is 99.3 Å². The molecular weight excluding hydrogens is 534 g/mol. The van der Waals surface area contributed by atoms with Crippen molar-refractivity contribution in [2.45, 2.75) is 83.5 Å². The second kappa shape index (κ2) is 10.6. The standard InChI is InChI=1S/C30H37NO6S2/c1-4-5-6-7-8-9-15-38-22-16-20-11-10-12-23-26(20)24(18-22)28(34)31(27(23)33)37-39(35,36)19-30-14-13-21(17-25(30)32)29(30,2)3/h10-12,16,18,21H,4-9,13-15,17,19H2,1-3H3. The lowest BCUT2D eigenvalue weighted by Gasteiger charge is -2.36. The van der Waals surface area contributed by atoms with Crippen molar-refractivity contribution in [1.82, 2.24) is 5.06 Å². The van der Waals surface area contributed by atoms with E-state index in [0.29, 0.717) is 23.3 Å². The zero-order valence-corrected chi connectivity index (χ0v) is 24.6. The second-order valence-corrected chi connectivity index (χ2v) is 14.6. The van der Waals surface area contributed by atoms with Gasteiger partial charge in [0.05, 0.1) is 22.3 Å². The highest BCUT2D eigenvalue weighted by molar-refractivity contribution is 7.99. The van der Waals surface area contributed by atoms with E-state index in [4.69, 9.17) is 4.28 Å². The van der Waals surface area contributed by atoms with E-state index in [1.165, 1.54) is 25.7 Å². The highest BCUT2D eigenvalue weighted by Crippen LogP contribution is 2.64. The maximum Gasteiger partial charge on any atom is 0.289 e. The first-order valence-corrected chi connectivity index (χ1v) is 16.6. The molecule has 2 atom stereocenters. The maximum absolute atomic E-state index is 13.5. The summed E-state index contributed by atoms with van der Waals surface area (Å²) in [5.74, 6) is -1.18. The minimum absolute atomic E-state index is 0.0747. The van der Waals surface area contributed by atoms with Crippen molar-refractivity contribution in [3.63, 3.8) is 0 Å². The van der Waals surface area contributed by atoms with Gasteiger partial charge in [0.25, 0.3) is 21.9 Å². The van der Waals surface area contributed by atoms with Gasteiger partial charge in [0.2, 0.25) is 0 Å². The number of fused-ring (bicyclic) bond motifs is 2. The predicted octanol–water partition coefficient (Wildman–Crippen LogP) is 6.55. The molecule has 39 heavy (non-hydrogen) atoms. The monoisotopic (exact) mass is 571 g/mol. The fourth-order valence-electron chi connectivity index (χ4n) is 6.83. The summed E-state index contributed by atoms with van der Waals surface area (Å²) in [6.07, 6.45) is 8.77. The molecule has 0 radical (unpaired) electrons. The first-order chi connectivity index (χ1) is 18.5. The molecule has 0 N–H and O–H groups in total. The van der Waals surface area contributed by atoms with E-state index in [9.17, 15) is 22.8 Å². The summed E-state index contributed by atoms with van der Waals surface area (Å²) in [7, 11) is -4.43. The number of Topliss-reactive ketones (excluding diaryl/α,β-unsaturated/α-hetero) is 1. The van der Waals surface area contributed by atoms with Gasteiger partial charge in [0, 0.05) is 16.7 Å². The molecule has 2 fully saturated rings. The minimum atomic E-state index is -4.43. The number of amides is 2. The average molecular weight is 572 g/mol. The highest BCUT2D eigenvalue weighted by Gasteiger charge is 2.65. The number of hydrogen-bond donors (Lipinski definition) is 0. The van der Waals surface area contributed by atoms with Crippen LogP contribution in [-0.2, 0) is 19.2 Å². The topological polar surface area (TPSA) is 97.8 Å². The summed E-state index contributed by atoms with van der Waals surface area (Å²) < 4.78 is 31.9. The van der Waals surface area contributed by atoms with E-state index in [0.717, 1.165) is 35.3 Å². The Morgan fingerprint density at radius 2 is 1.72 bits per heavy atom. The number of carbonyl (C=O) groups is 3. The number of hydrogen-bond acceptors (Lipinski definition) is 7. The van der Waals surface area contributed by atoms with Crippen molar-refractivity contribution in [2.75, 3.05) is 11.5 Å². The number of rotatable bonds is 12. The Morgan fingerprint density at radius 3 is 2.41 bits per heavy atom. The first-order valence-electron chi connectivity index (χ1n) is 14.0. The molecule has 3 aliphatic rings. The molecule has 1 aliphatic heterocycles. The molecule has 5 rings (SSSR count). The van der Waals surface area contributed by atoms with Crippen LogP contribution in [0.4, 0.5) is 0 Å². The smallest absolute Gasteiger partial charge is 0.289 e. The van der Waals surface area contributed by atoms with Crippen LogP contribution in [0, 0.1) is 16.7 Å². The van der Waals surface area contributed by atoms with Crippen LogP contribution >= 0.6 is 11.8 Å². The Labute approximate surface area is 235 Å². The summed E-state index contributed by atoms with van der Waals surface area (Å²) >= 11 is 1.65. The summed E-state index contributed by atoms with van der Waals surface area (Å²) in [6, 6.07) is 8.86. The number of carbonyl (C=O) groups excluding carboxylic acids is 3. The van der Waals surface area contributed by atoms with Gasteiger partial charge in [-0.15, -0.1) is 21.1 Å². The van der Waals surface area contributed by atoms with Crippen LogP contribution in [0.3, 0.4) is 0 Å². The largest absolute Gasteiger partial charge is 0.299 e. The molecule has 1 heterocycles. The number of unbranched alkanes of at least 4 members (excludes halogenated alkanes) is 5. The Balaban J connectivity index is 1.36. The molecule has 2 amide bonds. The Kier molecular flexibility index (Phi) is 7.72. The maximum atomic E-state index is 13.5. The summed E-state index contributed by atoms with van der Waals surface area (Å²) in [5, 5.41) is 1.65. The van der Waals surface area contributed by atoms with E-state index >= 15 is 0 Å². The average Bonchev–Trinajstić information content (AvgIpc) is 3.23. The van der Waals surface area contributed by atoms with Gasteiger partial charge < -0.3 is 0 Å². The van der Waals surface area contributed by atoms with E-state index in [2.05, 4.69) is 6.92 Å². The third kappa shape index (κ3) is 4.95. The highest BCUT2D eigenvalue weighted by atomic mass is 32.2. The van der Waals surface area contributed by atoms with Crippen molar-refractivity contribution in [3.8, 4) is 0 Å². The van der Waals surface area contributed by atoms with Crippen LogP contribution in [-0.4, -0.2) is 42.6 Å². The van der Waals surface area contributed by atoms with E-state index in [1.54, 1.807) is 30.0 Å². The number of ketones is 1. The zero-order chi connectivity index (χ0) is 28.0. The van der Waals surface area contributed by atoms with Gasteiger partial charge in [-0.3, -0.25) is 14.4 Å². The SMILES string of the molecule is CCCCCCCCSc1cc2c3c(cccc3c1)C(=O)N(OS(=O)(=O)CC13CCC(CC1=O)C3(C)C)C2=O. The first kappa shape index (κ1) is 28.3. The van der Waals surface area contributed by atoms with Crippen molar-refractivity contribution >= 4 is 50.3 Å². The summed E-state index contributed by atoms with van der Waals surface area (Å²) in [4.78, 5) is 40.7. The normalized spacial score (nSPS) is 23.8. The molecular formula is C30H37NO6S2. The number of benzene rings is 2. The van der Waals surface area contributed by atoms with E-state index < -0.39 is 38.5 Å². The van der Waals surface area contributed by atoms with Crippen molar-refractivity contribution < 1.29 is 27.1 Å². The molecule has 7 nitrogen and oxygen atoms in total. The van der Waals surface area contributed by atoms with Gasteiger partial charge in [-0.1, -0.05) is 65.0 Å². The molecule has 2 saturated carbocycles. The summed E-state index contributed by atoms with van der Waals surface area (Å²) in [5.41, 5.74) is -1.08. The van der Waals surface area contributed by atoms with Crippen molar-refractivity contribution in [1.29, 1.82) is 0 Å². The number of thioether (sulfide) groups is 1. The lowest BCUT2D eigenvalue weighted by atomic mass is 9.70. The summed E-state index contributed by atoms with van der Waals surface area (Å²) in [6.45, 7) is 6.07. The molecule has 0 spiro atoms.